The van der Waals surface area contributed by atoms with E-state index >= 15 is 0 Å². The molecule has 4 N–H and O–H groups in total. The molecule has 0 saturated heterocycles. The second kappa shape index (κ2) is 7.45. The van der Waals surface area contributed by atoms with Crippen LogP contribution in [0.15, 0.2) is 18.2 Å². The zero-order valence-electron chi connectivity index (χ0n) is 10.8. The van der Waals surface area contributed by atoms with Crippen molar-refractivity contribution in [2.45, 2.75) is 32.7 Å². The van der Waals surface area contributed by atoms with E-state index in [1.54, 1.807) is 0 Å². The molecule has 0 aromatic heterocycles. The van der Waals surface area contributed by atoms with Gasteiger partial charge in [-0.25, -0.2) is 0 Å². The minimum Gasteiger partial charge on any atom is -0.397 e. The average molecular weight is 361 g/mol. The van der Waals surface area contributed by atoms with Gasteiger partial charge in [0.05, 0.1) is 11.4 Å². The van der Waals surface area contributed by atoms with Gasteiger partial charge in [0.1, 0.15) is 0 Å². The van der Waals surface area contributed by atoms with Gasteiger partial charge in [0.2, 0.25) is 5.91 Å². The molecular formula is C13H20IN3O. The van der Waals surface area contributed by atoms with Crippen LogP contribution in [0.3, 0.4) is 0 Å². The molecule has 1 aromatic rings. The Balaban J connectivity index is 2.35. The lowest BCUT2D eigenvalue weighted by molar-refractivity contribution is -0.121. The van der Waals surface area contributed by atoms with Gasteiger partial charge in [-0.05, 0) is 54.1 Å². The van der Waals surface area contributed by atoms with Crippen molar-refractivity contribution >= 4 is 39.9 Å². The summed E-state index contributed by atoms with van der Waals surface area (Å²) >= 11 is 2.22. The maximum Gasteiger partial charge on any atom is 0.221 e. The van der Waals surface area contributed by atoms with E-state index in [2.05, 4.69) is 40.1 Å². The number of carbonyl (C=O) groups excluding carboxylic acids is 1. The van der Waals surface area contributed by atoms with Crippen LogP contribution in [0.2, 0.25) is 0 Å². The molecule has 1 unspecified atom stereocenters. The van der Waals surface area contributed by atoms with E-state index in [1.165, 1.54) is 0 Å². The van der Waals surface area contributed by atoms with Gasteiger partial charge in [-0.1, -0.05) is 6.92 Å². The number of halogens is 1. The molecule has 18 heavy (non-hydrogen) atoms. The third-order valence-electron chi connectivity index (χ3n) is 2.70. The van der Waals surface area contributed by atoms with Gasteiger partial charge in [0.25, 0.3) is 0 Å². The molecule has 0 aliphatic carbocycles. The second-order valence-corrected chi connectivity index (χ2v) is 5.53. The molecule has 0 bridgehead atoms. The molecule has 1 aromatic carbocycles. The molecule has 0 spiro atoms. The Labute approximate surface area is 122 Å². The normalized spacial score (nSPS) is 11.9. The van der Waals surface area contributed by atoms with Crippen LogP contribution in [0.4, 0.5) is 11.4 Å². The number of nitrogens with one attached hydrogen (secondary N) is 2. The largest absolute Gasteiger partial charge is 0.397 e. The minimum absolute atomic E-state index is 0.0703. The number of carbonyl (C=O) groups is 1. The summed E-state index contributed by atoms with van der Waals surface area (Å²) in [6.45, 7) is 4.64. The highest BCUT2D eigenvalue weighted by Gasteiger charge is 2.05. The fourth-order valence-electron chi connectivity index (χ4n) is 1.45. The van der Waals surface area contributed by atoms with Crippen LogP contribution >= 0.6 is 22.6 Å². The first-order chi connectivity index (χ1) is 8.52. The summed E-state index contributed by atoms with van der Waals surface area (Å²) in [5.41, 5.74) is 7.47. The summed E-state index contributed by atoms with van der Waals surface area (Å²) in [5, 5.41) is 6.10. The van der Waals surface area contributed by atoms with Crippen LogP contribution in [0.1, 0.15) is 26.7 Å². The number of rotatable bonds is 6. The van der Waals surface area contributed by atoms with Crippen LogP contribution in [-0.4, -0.2) is 18.5 Å². The highest BCUT2D eigenvalue weighted by molar-refractivity contribution is 14.1. The highest BCUT2D eigenvalue weighted by Crippen LogP contribution is 2.20. The summed E-state index contributed by atoms with van der Waals surface area (Å²) in [6.07, 6.45) is 1.40. The molecule has 0 aliphatic heterocycles. The first kappa shape index (κ1) is 15.1. The molecule has 100 valence electrons. The molecular weight excluding hydrogens is 341 g/mol. The molecule has 5 heteroatoms. The zero-order chi connectivity index (χ0) is 13.5. The molecule has 1 amide bonds. The molecule has 0 radical (unpaired) electrons. The first-order valence-corrected chi connectivity index (χ1v) is 7.19. The number of nitrogen functional groups attached to an aromatic ring is 1. The number of amides is 1. The fourth-order valence-corrected chi connectivity index (χ4v) is 1.97. The van der Waals surface area contributed by atoms with Gasteiger partial charge < -0.3 is 16.4 Å². The highest BCUT2D eigenvalue weighted by atomic mass is 127. The van der Waals surface area contributed by atoms with Crippen LogP contribution < -0.4 is 16.4 Å². The van der Waals surface area contributed by atoms with Gasteiger partial charge in [0.15, 0.2) is 0 Å². The van der Waals surface area contributed by atoms with E-state index < -0.39 is 0 Å². The summed E-state index contributed by atoms with van der Waals surface area (Å²) in [7, 11) is 0. The zero-order valence-corrected chi connectivity index (χ0v) is 13.0. The number of hydrogen-bond acceptors (Lipinski definition) is 3. The molecule has 0 fully saturated rings. The van der Waals surface area contributed by atoms with Crippen molar-refractivity contribution in [1.29, 1.82) is 0 Å². The quantitative estimate of drug-likeness (QED) is 0.539. The number of anilines is 2. The van der Waals surface area contributed by atoms with E-state index in [4.69, 9.17) is 5.73 Å². The number of benzene rings is 1. The number of hydrogen-bond donors (Lipinski definition) is 3. The van der Waals surface area contributed by atoms with Gasteiger partial charge in [-0.15, -0.1) is 0 Å². The Morgan fingerprint density at radius 1 is 1.50 bits per heavy atom. The van der Waals surface area contributed by atoms with Crippen molar-refractivity contribution in [2.24, 2.45) is 0 Å². The van der Waals surface area contributed by atoms with Crippen LogP contribution in [0.5, 0.6) is 0 Å². The lowest BCUT2D eigenvalue weighted by Crippen LogP contribution is -2.32. The van der Waals surface area contributed by atoms with Crippen LogP contribution in [0, 0.1) is 3.57 Å². The number of nitrogens with two attached hydrogens (primary N) is 1. The maximum absolute atomic E-state index is 11.6. The summed E-state index contributed by atoms with van der Waals surface area (Å²) < 4.78 is 1.10. The Morgan fingerprint density at radius 2 is 2.22 bits per heavy atom. The minimum atomic E-state index is 0.0703. The monoisotopic (exact) mass is 361 g/mol. The van der Waals surface area contributed by atoms with Crippen LogP contribution in [0.25, 0.3) is 0 Å². The average Bonchev–Trinajstić information content (AvgIpc) is 2.31. The van der Waals surface area contributed by atoms with Crippen molar-refractivity contribution in [2.75, 3.05) is 17.6 Å². The van der Waals surface area contributed by atoms with E-state index in [0.717, 1.165) is 15.7 Å². The van der Waals surface area contributed by atoms with Crippen molar-refractivity contribution in [3.63, 3.8) is 0 Å². The summed E-state index contributed by atoms with van der Waals surface area (Å²) in [6, 6.07) is 6.06. The fraction of sp³-hybridized carbons (Fsp3) is 0.462. The predicted octanol–water partition coefficient (Wildman–Crippen LogP) is 2.59. The molecule has 0 aliphatic rings. The summed E-state index contributed by atoms with van der Waals surface area (Å²) in [5.74, 6) is 0.0703. The second-order valence-electron chi connectivity index (χ2n) is 4.29. The molecule has 0 heterocycles. The topological polar surface area (TPSA) is 67.2 Å². The third-order valence-corrected chi connectivity index (χ3v) is 3.37. The maximum atomic E-state index is 11.6. The SMILES string of the molecule is CCC(C)NC(=O)CCNc1ccc(I)cc1N. The Bertz CT molecular complexity index is 409. The van der Waals surface area contributed by atoms with E-state index in [1.807, 2.05) is 25.1 Å². The van der Waals surface area contributed by atoms with Crippen molar-refractivity contribution < 1.29 is 4.79 Å². The molecule has 1 atom stereocenters. The van der Waals surface area contributed by atoms with Gasteiger partial charge in [0, 0.05) is 22.6 Å². The summed E-state index contributed by atoms with van der Waals surface area (Å²) in [4.78, 5) is 11.6. The smallest absolute Gasteiger partial charge is 0.221 e. The molecule has 0 saturated carbocycles. The van der Waals surface area contributed by atoms with Gasteiger partial charge >= 0.3 is 0 Å². The van der Waals surface area contributed by atoms with Crippen molar-refractivity contribution in [1.82, 2.24) is 5.32 Å². The first-order valence-electron chi connectivity index (χ1n) is 6.11. The van der Waals surface area contributed by atoms with E-state index in [9.17, 15) is 4.79 Å². The Morgan fingerprint density at radius 3 is 2.83 bits per heavy atom. The Kier molecular flexibility index (Phi) is 6.24. The van der Waals surface area contributed by atoms with Crippen LogP contribution in [-0.2, 0) is 4.79 Å². The van der Waals surface area contributed by atoms with Crippen molar-refractivity contribution in [3.05, 3.63) is 21.8 Å². The standard InChI is InChI=1S/C13H20IN3O/c1-3-9(2)17-13(18)6-7-16-12-5-4-10(14)8-11(12)15/h4-5,8-9,16H,3,6-7,15H2,1-2H3,(H,17,18). The lowest BCUT2D eigenvalue weighted by Gasteiger charge is -2.12. The lowest BCUT2D eigenvalue weighted by atomic mass is 10.2. The third kappa shape index (κ3) is 5.12. The predicted molar refractivity (Wildman–Crippen MR) is 84.6 cm³/mol. The molecule has 4 nitrogen and oxygen atoms in total. The van der Waals surface area contributed by atoms with E-state index in [-0.39, 0.29) is 11.9 Å². The van der Waals surface area contributed by atoms with Crippen molar-refractivity contribution in [3.8, 4) is 0 Å². The van der Waals surface area contributed by atoms with Gasteiger partial charge in [-0.3, -0.25) is 4.79 Å². The molecule has 1 rings (SSSR count). The van der Waals surface area contributed by atoms with Gasteiger partial charge in [-0.2, -0.15) is 0 Å². The Hall–Kier alpha value is -0.980. The van der Waals surface area contributed by atoms with E-state index in [0.29, 0.717) is 18.7 Å².